The lowest BCUT2D eigenvalue weighted by Gasteiger charge is -2.27. The first-order valence-electron chi connectivity index (χ1n) is 9.48. The van der Waals surface area contributed by atoms with Crippen molar-refractivity contribution in [3.63, 3.8) is 0 Å². The van der Waals surface area contributed by atoms with Crippen molar-refractivity contribution in [2.45, 2.75) is 32.5 Å². The predicted octanol–water partition coefficient (Wildman–Crippen LogP) is 7.23. The highest BCUT2D eigenvalue weighted by atomic mass is 35.5. The van der Waals surface area contributed by atoms with Gasteiger partial charge in [-0.05, 0) is 42.0 Å². The maximum absolute atomic E-state index is 12.8. The maximum atomic E-state index is 12.8. The topological polar surface area (TPSA) is 27.7 Å². The lowest BCUT2D eigenvalue weighted by molar-refractivity contribution is -0.0514. The Morgan fingerprint density at radius 1 is 0.900 bits per heavy atom. The maximum Gasteiger partial charge on any atom is 0.387 e. The van der Waals surface area contributed by atoms with Gasteiger partial charge in [0.15, 0.2) is 0 Å². The minimum absolute atomic E-state index is 0.0596. The van der Waals surface area contributed by atoms with E-state index in [-0.39, 0.29) is 5.75 Å². The predicted molar refractivity (Wildman–Crippen MR) is 114 cm³/mol. The molecule has 0 amide bonds. The molecule has 0 aliphatic rings. The van der Waals surface area contributed by atoms with E-state index in [2.05, 4.69) is 4.74 Å². The number of alkyl halides is 2. The highest BCUT2D eigenvalue weighted by molar-refractivity contribution is 6.30. The van der Waals surface area contributed by atoms with Crippen molar-refractivity contribution in [1.82, 2.24) is 0 Å². The summed E-state index contributed by atoms with van der Waals surface area (Å²) in [5.41, 5.74) is 0.986. The Kier molecular flexibility index (Phi) is 7.29. The molecular weight excluding hydrogens is 410 g/mol. The van der Waals surface area contributed by atoms with Gasteiger partial charge in [-0.15, -0.1) is 0 Å². The molecule has 0 saturated heterocycles. The minimum atomic E-state index is -2.92. The highest BCUT2D eigenvalue weighted by Crippen LogP contribution is 2.35. The third-order valence-electron chi connectivity index (χ3n) is 4.50. The summed E-state index contributed by atoms with van der Waals surface area (Å²) in [6.07, 6.45) is 0. The molecule has 0 aliphatic carbocycles. The van der Waals surface area contributed by atoms with Crippen molar-refractivity contribution in [2.24, 2.45) is 0 Å². The normalized spacial score (nSPS) is 11.5. The molecular formula is C24H23ClF2O3. The second-order valence-electron chi connectivity index (χ2n) is 7.46. The fraction of sp³-hybridized carbons (Fsp3) is 0.250. The summed E-state index contributed by atoms with van der Waals surface area (Å²) >= 11 is 5.94. The van der Waals surface area contributed by atoms with E-state index in [1.54, 1.807) is 12.1 Å². The zero-order valence-corrected chi connectivity index (χ0v) is 17.5. The van der Waals surface area contributed by atoms with E-state index >= 15 is 0 Å². The van der Waals surface area contributed by atoms with Crippen molar-refractivity contribution in [3.8, 4) is 17.2 Å². The van der Waals surface area contributed by atoms with Crippen LogP contribution in [-0.2, 0) is 16.8 Å². The second kappa shape index (κ2) is 9.92. The molecule has 3 rings (SSSR count). The summed E-state index contributed by atoms with van der Waals surface area (Å²) < 4.78 is 42.0. The smallest absolute Gasteiger partial charge is 0.387 e. The van der Waals surface area contributed by atoms with E-state index in [4.69, 9.17) is 21.1 Å². The molecule has 0 aromatic heterocycles. The first-order valence-corrected chi connectivity index (χ1v) is 9.86. The fourth-order valence-electron chi connectivity index (χ4n) is 3.07. The van der Waals surface area contributed by atoms with Gasteiger partial charge in [-0.25, -0.2) is 0 Å². The van der Waals surface area contributed by atoms with Crippen LogP contribution in [0.1, 0.15) is 25.0 Å². The van der Waals surface area contributed by atoms with Crippen molar-refractivity contribution in [1.29, 1.82) is 0 Å². The standard InChI is InChI=1S/C24H23ClF2O3/c1-24(2,21-12-11-18(25)14-22(21)30-23(26)27)16-28-15-17-7-6-10-20(13-17)29-19-8-4-3-5-9-19/h3-14,23H,15-16H2,1-2H3. The van der Waals surface area contributed by atoms with Crippen LogP contribution in [0.3, 0.4) is 0 Å². The molecule has 0 heterocycles. The van der Waals surface area contributed by atoms with E-state index in [0.29, 0.717) is 29.5 Å². The van der Waals surface area contributed by atoms with Gasteiger partial charge in [0.25, 0.3) is 0 Å². The van der Waals surface area contributed by atoms with Gasteiger partial charge in [0.05, 0.1) is 13.2 Å². The first-order chi connectivity index (χ1) is 14.3. The Morgan fingerprint density at radius 2 is 1.63 bits per heavy atom. The van der Waals surface area contributed by atoms with Gasteiger partial charge in [0.1, 0.15) is 17.2 Å². The fourth-order valence-corrected chi connectivity index (χ4v) is 3.24. The molecule has 0 aliphatic heterocycles. The Bertz CT molecular complexity index is 962. The molecule has 158 valence electrons. The molecule has 3 nitrogen and oxygen atoms in total. The van der Waals surface area contributed by atoms with Gasteiger partial charge in [-0.1, -0.05) is 61.8 Å². The number of halogens is 3. The van der Waals surface area contributed by atoms with Crippen LogP contribution >= 0.6 is 11.6 Å². The summed E-state index contributed by atoms with van der Waals surface area (Å²) in [5.74, 6) is 1.53. The van der Waals surface area contributed by atoms with Crippen molar-refractivity contribution in [2.75, 3.05) is 6.61 Å². The van der Waals surface area contributed by atoms with Gasteiger partial charge in [-0.3, -0.25) is 0 Å². The van der Waals surface area contributed by atoms with E-state index in [1.165, 1.54) is 6.07 Å². The van der Waals surface area contributed by atoms with E-state index in [1.807, 2.05) is 68.4 Å². The van der Waals surface area contributed by atoms with Gasteiger partial charge in [0.2, 0.25) is 0 Å². The van der Waals surface area contributed by atoms with E-state index in [0.717, 1.165) is 11.3 Å². The lowest BCUT2D eigenvalue weighted by Crippen LogP contribution is -2.25. The van der Waals surface area contributed by atoms with E-state index in [9.17, 15) is 8.78 Å². The number of rotatable bonds is 9. The zero-order valence-electron chi connectivity index (χ0n) is 16.8. The van der Waals surface area contributed by atoms with Gasteiger partial charge in [-0.2, -0.15) is 8.78 Å². The quantitative estimate of drug-likeness (QED) is 0.357. The molecule has 0 bridgehead atoms. The van der Waals surface area contributed by atoms with Crippen LogP contribution in [0.5, 0.6) is 17.2 Å². The summed E-state index contributed by atoms with van der Waals surface area (Å²) in [5, 5.41) is 0.335. The van der Waals surface area contributed by atoms with Gasteiger partial charge < -0.3 is 14.2 Å². The van der Waals surface area contributed by atoms with Crippen LogP contribution < -0.4 is 9.47 Å². The molecule has 0 spiro atoms. The Balaban J connectivity index is 1.64. The highest BCUT2D eigenvalue weighted by Gasteiger charge is 2.26. The number of hydrogen-bond donors (Lipinski definition) is 0. The van der Waals surface area contributed by atoms with Gasteiger partial charge >= 0.3 is 6.61 Å². The van der Waals surface area contributed by atoms with E-state index < -0.39 is 12.0 Å². The largest absolute Gasteiger partial charge is 0.457 e. The molecule has 30 heavy (non-hydrogen) atoms. The Labute approximate surface area is 180 Å². The molecule has 0 unspecified atom stereocenters. The zero-order chi connectivity index (χ0) is 21.6. The Hall–Kier alpha value is -2.63. The third kappa shape index (κ3) is 6.18. The second-order valence-corrected chi connectivity index (χ2v) is 7.89. The minimum Gasteiger partial charge on any atom is -0.457 e. The number of para-hydroxylation sites is 1. The average molecular weight is 433 g/mol. The van der Waals surface area contributed by atoms with Crippen LogP contribution in [-0.4, -0.2) is 13.2 Å². The average Bonchev–Trinajstić information content (AvgIpc) is 2.68. The Morgan fingerprint density at radius 3 is 2.37 bits per heavy atom. The summed E-state index contributed by atoms with van der Waals surface area (Å²) in [4.78, 5) is 0. The van der Waals surface area contributed by atoms with Crippen LogP contribution in [0.4, 0.5) is 8.78 Å². The number of hydrogen-bond acceptors (Lipinski definition) is 3. The molecule has 6 heteroatoms. The van der Waals surface area contributed by atoms with Crippen molar-refractivity contribution >= 4 is 11.6 Å². The monoisotopic (exact) mass is 432 g/mol. The molecule has 0 radical (unpaired) electrons. The number of ether oxygens (including phenoxy) is 3. The molecule has 0 fully saturated rings. The van der Waals surface area contributed by atoms with Gasteiger partial charge in [0, 0.05) is 16.0 Å². The molecule has 3 aromatic rings. The lowest BCUT2D eigenvalue weighted by atomic mass is 9.85. The summed E-state index contributed by atoms with van der Waals surface area (Å²) in [6, 6.07) is 21.9. The van der Waals surface area contributed by atoms with Crippen LogP contribution in [0.2, 0.25) is 5.02 Å². The first kappa shape index (κ1) is 22.1. The van der Waals surface area contributed by atoms with Crippen molar-refractivity contribution < 1.29 is 23.0 Å². The van der Waals surface area contributed by atoms with Crippen LogP contribution in [0.25, 0.3) is 0 Å². The molecule has 0 atom stereocenters. The summed E-state index contributed by atoms with van der Waals surface area (Å²) in [6.45, 7) is 1.55. The van der Waals surface area contributed by atoms with Crippen LogP contribution in [0.15, 0.2) is 72.8 Å². The van der Waals surface area contributed by atoms with Crippen molar-refractivity contribution in [3.05, 3.63) is 88.9 Å². The molecule has 0 N–H and O–H groups in total. The summed E-state index contributed by atoms with van der Waals surface area (Å²) in [7, 11) is 0. The molecule has 3 aromatic carbocycles. The SMILES string of the molecule is CC(C)(COCc1cccc(Oc2ccccc2)c1)c1ccc(Cl)cc1OC(F)F. The van der Waals surface area contributed by atoms with Crippen LogP contribution in [0, 0.1) is 0 Å². The third-order valence-corrected chi connectivity index (χ3v) is 4.73. The molecule has 0 saturated carbocycles. The number of benzene rings is 3.